The van der Waals surface area contributed by atoms with Crippen LogP contribution in [0.5, 0.6) is 0 Å². The molecule has 0 unspecified atom stereocenters. The van der Waals surface area contributed by atoms with Gasteiger partial charge in [0.15, 0.2) is 0 Å². The molecule has 0 spiro atoms. The fourth-order valence-electron chi connectivity index (χ4n) is 2.47. The van der Waals surface area contributed by atoms with Crippen LogP contribution in [-0.4, -0.2) is 34.9 Å². The number of aromatic amines is 1. The van der Waals surface area contributed by atoms with Crippen molar-refractivity contribution in [2.75, 3.05) is 13.1 Å². The highest BCUT2D eigenvalue weighted by molar-refractivity contribution is 5.86. The van der Waals surface area contributed by atoms with Crippen molar-refractivity contribution < 1.29 is 4.79 Å². The van der Waals surface area contributed by atoms with E-state index >= 15 is 0 Å². The second-order valence-electron chi connectivity index (χ2n) is 5.00. The van der Waals surface area contributed by atoms with E-state index in [9.17, 15) is 4.79 Å². The number of likely N-dealkylation sites (N-methyl/N-ethyl adjacent to an activating group) is 1. The van der Waals surface area contributed by atoms with Gasteiger partial charge < -0.3 is 15.6 Å². The highest BCUT2D eigenvalue weighted by Crippen LogP contribution is 2.19. The highest BCUT2D eigenvalue weighted by Gasteiger charge is 2.21. The standard InChI is InChI=1S/C16H20N4O/c1-2-20(9-5-8-17)16(21)14(18)10-12-11-19-15-7-4-3-6-13(12)15/h3-4,6-7,11,14,19H,2,5,9-10,18H2,1H3/t14-/m0/s1. The molecule has 1 atom stereocenters. The Morgan fingerprint density at radius 2 is 2.24 bits per heavy atom. The molecule has 0 saturated heterocycles. The second kappa shape index (κ2) is 6.91. The minimum Gasteiger partial charge on any atom is -0.361 e. The molecule has 0 aliphatic carbocycles. The van der Waals surface area contributed by atoms with Crippen molar-refractivity contribution in [3.8, 4) is 6.07 Å². The van der Waals surface area contributed by atoms with Gasteiger partial charge in [0.1, 0.15) is 0 Å². The third kappa shape index (κ3) is 3.41. The minimum absolute atomic E-state index is 0.0990. The second-order valence-corrected chi connectivity index (χ2v) is 5.00. The van der Waals surface area contributed by atoms with E-state index < -0.39 is 6.04 Å². The molecule has 110 valence electrons. The van der Waals surface area contributed by atoms with Gasteiger partial charge in [-0.15, -0.1) is 0 Å². The molecular weight excluding hydrogens is 264 g/mol. The lowest BCUT2D eigenvalue weighted by Gasteiger charge is -2.23. The summed E-state index contributed by atoms with van der Waals surface area (Å²) in [6, 6.07) is 9.43. The van der Waals surface area contributed by atoms with Gasteiger partial charge in [-0.25, -0.2) is 0 Å². The maximum absolute atomic E-state index is 12.3. The number of hydrogen-bond acceptors (Lipinski definition) is 3. The summed E-state index contributed by atoms with van der Waals surface area (Å²) in [7, 11) is 0. The summed E-state index contributed by atoms with van der Waals surface area (Å²) in [5.74, 6) is -0.0990. The van der Waals surface area contributed by atoms with Crippen molar-refractivity contribution in [1.82, 2.24) is 9.88 Å². The van der Waals surface area contributed by atoms with E-state index in [-0.39, 0.29) is 5.91 Å². The van der Waals surface area contributed by atoms with Crippen LogP contribution in [0.2, 0.25) is 0 Å². The number of aromatic nitrogens is 1. The zero-order chi connectivity index (χ0) is 15.2. The lowest BCUT2D eigenvalue weighted by Crippen LogP contribution is -2.45. The summed E-state index contributed by atoms with van der Waals surface area (Å²) in [5, 5.41) is 9.73. The zero-order valence-corrected chi connectivity index (χ0v) is 12.2. The first kappa shape index (κ1) is 15.1. The number of rotatable bonds is 6. The molecule has 5 heteroatoms. The molecule has 0 aliphatic rings. The third-order valence-electron chi connectivity index (χ3n) is 3.62. The number of nitriles is 1. The van der Waals surface area contributed by atoms with Crippen LogP contribution in [0.4, 0.5) is 0 Å². The first-order valence-corrected chi connectivity index (χ1v) is 7.13. The molecule has 0 fully saturated rings. The average Bonchev–Trinajstić information content (AvgIpc) is 2.91. The molecule has 2 rings (SSSR count). The van der Waals surface area contributed by atoms with Crippen LogP contribution in [0.25, 0.3) is 10.9 Å². The number of fused-ring (bicyclic) bond motifs is 1. The van der Waals surface area contributed by atoms with Crippen LogP contribution in [0.3, 0.4) is 0 Å². The number of carbonyl (C=O) groups excluding carboxylic acids is 1. The average molecular weight is 284 g/mol. The van der Waals surface area contributed by atoms with Crippen LogP contribution in [-0.2, 0) is 11.2 Å². The van der Waals surface area contributed by atoms with Gasteiger partial charge in [0.05, 0.1) is 18.5 Å². The van der Waals surface area contributed by atoms with Gasteiger partial charge >= 0.3 is 0 Å². The number of amides is 1. The molecule has 0 bridgehead atoms. The zero-order valence-electron chi connectivity index (χ0n) is 12.2. The summed E-state index contributed by atoms with van der Waals surface area (Å²) < 4.78 is 0. The Balaban J connectivity index is 2.08. The fourth-order valence-corrected chi connectivity index (χ4v) is 2.47. The van der Waals surface area contributed by atoms with Crippen LogP contribution in [0, 0.1) is 11.3 Å². The maximum Gasteiger partial charge on any atom is 0.239 e. The minimum atomic E-state index is -0.581. The van der Waals surface area contributed by atoms with Crippen molar-refractivity contribution in [3.05, 3.63) is 36.0 Å². The quantitative estimate of drug-likeness (QED) is 0.848. The summed E-state index contributed by atoms with van der Waals surface area (Å²) in [5.41, 5.74) is 8.15. The van der Waals surface area contributed by atoms with E-state index in [1.54, 1.807) is 4.90 Å². The number of benzene rings is 1. The van der Waals surface area contributed by atoms with Crippen LogP contribution >= 0.6 is 0 Å². The van der Waals surface area contributed by atoms with E-state index in [4.69, 9.17) is 11.0 Å². The van der Waals surface area contributed by atoms with Gasteiger partial charge in [0.25, 0.3) is 0 Å². The Kier molecular flexibility index (Phi) is 4.96. The molecule has 0 aliphatic heterocycles. The fraction of sp³-hybridized carbons (Fsp3) is 0.375. The number of nitrogens with two attached hydrogens (primary N) is 1. The Bertz CT molecular complexity index is 656. The van der Waals surface area contributed by atoms with E-state index in [1.807, 2.05) is 37.4 Å². The molecule has 2 aromatic rings. The molecule has 0 radical (unpaired) electrons. The Morgan fingerprint density at radius 3 is 2.95 bits per heavy atom. The van der Waals surface area contributed by atoms with Crippen LogP contribution in [0.1, 0.15) is 18.9 Å². The first-order chi connectivity index (χ1) is 10.2. The molecule has 1 amide bonds. The lowest BCUT2D eigenvalue weighted by atomic mass is 10.0. The van der Waals surface area contributed by atoms with E-state index in [0.29, 0.717) is 25.9 Å². The number of para-hydroxylation sites is 1. The topological polar surface area (TPSA) is 85.9 Å². The first-order valence-electron chi connectivity index (χ1n) is 7.13. The summed E-state index contributed by atoms with van der Waals surface area (Å²) in [4.78, 5) is 17.2. The summed E-state index contributed by atoms with van der Waals surface area (Å²) in [6.45, 7) is 2.91. The van der Waals surface area contributed by atoms with Gasteiger partial charge in [0.2, 0.25) is 5.91 Å². The van der Waals surface area contributed by atoms with E-state index in [1.165, 1.54) is 0 Å². The molecule has 1 aromatic heterocycles. The van der Waals surface area contributed by atoms with Crippen molar-refractivity contribution >= 4 is 16.8 Å². The normalized spacial score (nSPS) is 12.0. The van der Waals surface area contributed by atoms with Crippen molar-refractivity contribution in [3.63, 3.8) is 0 Å². The van der Waals surface area contributed by atoms with Gasteiger partial charge in [0, 0.05) is 30.2 Å². The molecule has 5 nitrogen and oxygen atoms in total. The molecular formula is C16H20N4O. The predicted molar refractivity (Wildman–Crippen MR) is 82.5 cm³/mol. The summed E-state index contributed by atoms with van der Waals surface area (Å²) in [6.07, 6.45) is 2.73. The SMILES string of the molecule is CCN(CCC#N)C(=O)[C@@H](N)Cc1c[nH]c2ccccc12. The van der Waals surface area contributed by atoms with Gasteiger partial charge in [-0.2, -0.15) is 5.26 Å². The lowest BCUT2D eigenvalue weighted by molar-refractivity contribution is -0.132. The van der Waals surface area contributed by atoms with Gasteiger partial charge in [-0.1, -0.05) is 18.2 Å². The summed E-state index contributed by atoms with van der Waals surface area (Å²) >= 11 is 0. The number of nitrogens with zero attached hydrogens (tertiary/aromatic N) is 2. The van der Waals surface area contributed by atoms with Crippen molar-refractivity contribution in [2.24, 2.45) is 5.73 Å². The van der Waals surface area contributed by atoms with E-state index in [2.05, 4.69) is 11.1 Å². The Labute approximate surface area is 124 Å². The van der Waals surface area contributed by atoms with Gasteiger partial charge in [-0.3, -0.25) is 4.79 Å². The van der Waals surface area contributed by atoms with Crippen molar-refractivity contribution in [1.29, 1.82) is 5.26 Å². The largest absolute Gasteiger partial charge is 0.361 e. The third-order valence-corrected chi connectivity index (χ3v) is 3.62. The van der Waals surface area contributed by atoms with Gasteiger partial charge in [-0.05, 0) is 25.0 Å². The Hall–Kier alpha value is -2.32. The number of nitrogens with one attached hydrogen (secondary N) is 1. The maximum atomic E-state index is 12.3. The van der Waals surface area contributed by atoms with Crippen LogP contribution < -0.4 is 5.73 Å². The number of carbonyl (C=O) groups is 1. The number of hydrogen-bond donors (Lipinski definition) is 2. The molecule has 0 saturated carbocycles. The van der Waals surface area contributed by atoms with E-state index in [0.717, 1.165) is 16.5 Å². The molecule has 3 N–H and O–H groups in total. The molecule has 1 heterocycles. The highest BCUT2D eigenvalue weighted by atomic mass is 16.2. The van der Waals surface area contributed by atoms with Crippen LogP contribution in [0.15, 0.2) is 30.5 Å². The predicted octanol–water partition coefficient (Wildman–Crippen LogP) is 1.80. The smallest absolute Gasteiger partial charge is 0.239 e. The molecule has 21 heavy (non-hydrogen) atoms. The number of H-pyrrole nitrogens is 1. The monoisotopic (exact) mass is 284 g/mol. The van der Waals surface area contributed by atoms with Crippen molar-refractivity contribution in [2.45, 2.75) is 25.8 Å². The molecule has 1 aromatic carbocycles. The Morgan fingerprint density at radius 1 is 1.48 bits per heavy atom.